The van der Waals surface area contributed by atoms with Gasteiger partial charge in [-0.2, -0.15) is 0 Å². The van der Waals surface area contributed by atoms with Gasteiger partial charge >= 0.3 is 0 Å². The van der Waals surface area contributed by atoms with Crippen molar-refractivity contribution in [3.63, 3.8) is 0 Å². The average molecular weight is 122 g/mol. The summed E-state index contributed by atoms with van der Waals surface area (Å²) in [5, 5.41) is 0. The fraction of sp³-hybridized carbons (Fsp3) is 1.00. The van der Waals surface area contributed by atoms with Crippen LogP contribution in [-0.2, 0) is 16.0 Å². The lowest BCUT2D eigenvalue weighted by molar-refractivity contribution is 0.133. The summed E-state index contributed by atoms with van der Waals surface area (Å²) in [5.41, 5.74) is 0. The second-order valence-corrected chi connectivity index (χ2v) is 2.68. The van der Waals surface area contributed by atoms with Crippen molar-refractivity contribution in [1.82, 2.24) is 5.90 Å². The summed E-state index contributed by atoms with van der Waals surface area (Å²) in [6, 6.07) is 0. The van der Waals surface area contributed by atoms with Crippen LogP contribution in [0.1, 0.15) is 0 Å². The fourth-order valence-corrected chi connectivity index (χ4v) is 0.477. The molecule has 1 atom stereocenters. The van der Waals surface area contributed by atoms with Gasteiger partial charge in [0.2, 0.25) is 0 Å². The molecule has 0 spiro atoms. The molecule has 7 heavy (non-hydrogen) atoms. The summed E-state index contributed by atoms with van der Waals surface area (Å²) in [6.07, 6.45) is 1.58. The normalized spacial score (nSPS) is 14.1. The molecule has 1 N–H and O–H groups in total. The second kappa shape index (κ2) is 4.39. The molecule has 1 radical (unpaired) electrons. The molecular formula is C3H8NO2S. The molecule has 0 rings (SSSR count). The van der Waals surface area contributed by atoms with E-state index in [4.69, 9.17) is 5.90 Å². The minimum atomic E-state index is -0.810. The number of hydrogen-bond acceptors (Lipinski definition) is 2. The van der Waals surface area contributed by atoms with Gasteiger partial charge in [0.1, 0.15) is 12.4 Å². The van der Waals surface area contributed by atoms with E-state index in [1.165, 1.54) is 0 Å². The van der Waals surface area contributed by atoms with Gasteiger partial charge in [-0.25, -0.2) is 0 Å². The third kappa shape index (κ3) is 6.23. The Morgan fingerprint density at radius 2 is 2.43 bits per heavy atom. The molecule has 0 aromatic rings. The molecule has 0 heterocycles. The fourth-order valence-electron chi connectivity index (χ4n) is 0.159. The minimum absolute atomic E-state index is 0.267. The van der Waals surface area contributed by atoms with E-state index in [1.807, 2.05) is 0 Å². The van der Waals surface area contributed by atoms with Crippen LogP contribution in [-0.4, -0.2) is 23.2 Å². The van der Waals surface area contributed by atoms with Crippen molar-refractivity contribution in [1.29, 1.82) is 0 Å². The topological polar surface area (TPSA) is 56.1 Å². The van der Waals surface area contributed by atoms with Crippen LogP contribution in [0.25, 0.3) is 0 Å². The summed E-state index contributed by atoms with van der Waals surface area (Å²) in [4.78, 5) is 3.91. The average Bonchev–Trinajstić information content (AvgIpc) is 1.61. The lowest BCUT2D eigenvalue weighted by Gasteiger charge is -2.00. The molecule has 0 aliphatic heterocycles. The van der Waals surface area contributed by atoms with E-state index >= 15 is 0 Å². The Morgan fingerprint density at radius 3 is 2.57 bits per heavy atom. The highest BCUT2D eigenvalue weighted by atomic mass is 32.2. The zero-order chi connectivity index (χ0) is 5.70. The predicted octanol–water partition coefficient (Wildman–Crippen LogP) is -0.421. The lowest BCUT2D eigenvalue weighted by Crippen LogP contribution is -2.08. The van der Waals surface area contributed by atoms with Crippen molar-refractivity contribution in [2.45, 2.75) is 0 Å². The highest BCUT2D eigenvalue weighted by Gasteiger charge is 1.92. The maximum atomic E-state index is 10.2. The molecule has 0 aromatic carbocycles. The second-order valence-electron chi connectivity index (χ2n) is 1.13. The zero-order valence-electron chi connectivity index (χ0n) is 4.14. The minimum Gasteiger partial charge on any atom is -0.616 e. The van der Waals surface area contributed by atoms with Crippen molar-refractivity contribution >= 4 is 11.2 Å². The van der Waals surface area contributed by atoms with E-state index in [0.29, 0.717) is 5.75 Å². The van der Waals surface area contributed by atoms with E-state index < -0.39 is 11.2 Å². The molecule has 0 amide bonds. The zero-order valence-corrected chi connectivity index (χ0v) is 4.96. The standard InChI is InChI=1S/C3H8NO2S/c1-7(5)3-2-6-4/h4H,2-3H2,1H3. The molecule has 0 fully saturated rings. The first-order valence-electron chi connectivity index (χ1n) is 1.86. The van der Waals surface area contributed by atoms with E-state index in [9.17, 15) is 4.55 Å². The Kier molecular flexibility index (Phi) is 4.53. The summed E-state index contributed by atoms with van der Waals surface area (Å²) in [5.74, 6) is 6.62. The molecule has 0 saturated carbocycles. The largest absolute Gasteiger partial charge is 0.616 e. The maximum absolute atomic E-state index is 10.2. The van der Waals surface area contributed by atoms with Crippen LogP contribution in [0.5, 0.6) is 0 Å². The Morgan fingerprint density at radius 1 is 1.86 bits per heavy atom. The smallest absolute Gasteiger partial charge is 0.130 e. The van der Waals surface area contributed by atoms with Crippen molar-refractivity contribution in [2.75, 3.05) is 18.6 Å². The SMILES string of the molecule is C[S+]([O-])CCO[NH]. The molecule has 1 unspecified atom stereocenters. The lowest BCUT2D eigenvalue weighted by atomic mass is 10.9. The Labute approximate surface area is 46.0 Å². The van der Waals surface area contributed by atoms with Gasteiger partial charge in [0.15, 0.2) is 0 Å². The third-order valence-electron chi connectivity index (χ3n) is 0.473. The van der Waals surface area contributed by atoms with Crippen molar-refractivity contribution < 1.29 is 9.39 Å². The van der Waals surface area contributed by atoms with Gasteiger partial charge in [-0.3, -0.25) is 4.84 Å². The Balaban J connectivity index is 2.68. The van der Waals surface area contributed by atoms with Crippen LogP contribution < -0.4 is 5.90 Å². The molecule has 0 aromatic heterocycles. The molecule has 0 aliphatic carbocycles. The van der Waals surface area contributed by atoms with Crippen LogP contribution in [0.4, 0.5) is 0 Å². The number of rotatable bonds is 3. The molecule has 0 aliphatic rings. The van der Waals surface area contributed by atoms with Gasteiger partial charge in [-0.1, -0.05) is 11.2 Å². The molecule has 0 bridgehead atoms. The summed E-state index contributed by atoms with van der Waals surface area (Å²) in [7, 11) is 0. The van der Waals surface area contributed by atoms with Crippen molar-refractivity contribution in [2.24, 2.45) is 0 Å². The van der Waals surface area contributed by atoms with Crippen LogP contribution in [0.15, 0.2) is 0 Å². The Bertz CT molecular complexity index is 41.9. The number of nitrogens with one attached hydrogen (secondary N) is 1. The Hall–Kier alpha value is 0.230. The van der Waals surface area contributed by atoms with Gasteiger partial charge < -0.3 is 4.55 Å². The molecule has 3 nitrogen and oxygen atoms in total. The molecular weight excluding hydrogens is 114 g/mol. The van der Waals surface area contributed by atoms with E-state index in [1.54, 1.807) is 6.26 Å². The maximum Gasteiger partial charge on any atom is 0.130 e. The van der Waals surface area contributed by atoms with E-state index in [-0.39, 0.29) is 6.61 Å². The van der Waals surface area contributed by atoms with Gasteiger partial charge in [-0.15, -0.1) is 5.90 Å². The highest BCUT2D eigenvalue weighted by molar-refractivity contribution is 7.90. The van der Waals surface area contributed by atoms with Crippen LogP contribution in [0, 0.1) is 0 Å². The van der Waals surface area contributed by atoms with E-state index in [0.717, 1.165) is 0 Å². The molecule has 0 saturated heterocycles. The monoisotopic (exact) mass is 122 g/mol. The molecule has 43 valence electrons. The third-order valence-corrected chi connectivity index (χ3v) is 1.21. The van der Waals surface area contributed by atoms with Crippen molar-refractivity contribution in [3.8, 4) is 0 Å². The van der Waals surface area contributed by atoms with Gasteiger partial charge in [0, 0.05) is 0 Å². The van der Waals surface area contributed by atoms with Gasteiger partial charge in [0.05, 0.1) is 6.26 Å². The predicted molar refractivity (Wildman–Crippen MR) is 28.0 cm³/mol. The quantitative estimate of drug-likeness (QED) is 0.377. The first-order valence-corrected chi connectivity index (χ1v) is 3.58. The summed E-state index contributed by atoms with van der Waals surface area (Å²) in [6.45, 7) is 0.267. The first-order chi connectivity index (χ1) is 3.27. The van der Waals surface area contributed by atoms with Gasteiger partial charge in [-0.05, 0) is 0 Å². The van der Waals surface area contributed by atoms with Crippen LogP contribution >= 0.6 is 0 Å². The number of hydrogen-bond donors (Lipinski definition) is 0. The summed E-state index contributed by atoms with van der Waals surface area (Å²) >= 11 is -0.810. The molecule has 4 heteroatoms. The summed E-state index contributed by atoms with van der Waals surface area (Å²) < 4.78 is 10.2. The highest BCUT2D eigenvalue weighted by Crippen LogP contribution is 1.79. The van der Waals surface area contributed by atoms with E-state index in [2.05, 4.69) is 4.84 Å². The van der Waals surface area contributed by atoms with Gasteiger partial charge in [0.25, 0.3) is 0 Å². The van der Waals surface area contributed by atoms with Crippen LogP contribution in [0.3, 0.4) is 0 Å². The van der Waals surface area contributed by atoms with Crippen molar-refractivity contribution in [3.05, 3.63) is 0 Å². The first kappa shape index (κ1) is 7.23. The van der Waals surface area contributed by atoms with Crippen LogP contribution in [0.2, 0.25) is 0 Å².